The van der Waals surface area contributed by atoms with Gasteiger partial charge in [-0.15, -0.1) is 0 Å². The fraction of sp³-hybridized carbons (Fsp3) is 0.462. The number of hydrogen-bond acceptors (Lipinski definition) is 3. The number of carbonyl (C=O) groups excluding carboxylic acids is 1. The molecule has 0 unspecified atom stereocenters. The molecule has 0 atom stereocenters. The summed E-state index contributed by atoms with van der Waals surface area (Å²) in [7, 11) is -4.09. The van der Waals surface area contributed by atoms with Gasteiger partial charge in [-0.1, -0.05) is 13.0 Å². The Bertz CT molecular complexity index is 618. The van der Waals surface area contributed by atoms with Crippen LogP contribution in [0.1, 0.15) is 29.3 Å². The lowest BCUT2D eigenvalue weighted by molar-refractivity contribution is 0.0999. The van der Waals surface area contributed by atoms with Crippen LogP contribution in [0.4, 0.5) is 8.78 Å². The zero-order chi connectivity index (χ0) is 16.2. The number of nitrogens with zero attached hydrogens (tertiary/aromatic N) is 1. The summed E-state index contributed by atoms with van der Waals surface area (Å²) in [6.07, 6.45) is -2.37. The molecule has 0 bridgehead atoms. The number of rotatable bonds is 7. The van der Waals surface area contributed by atoms with Crippen molar-refractivity contribution in [2.45, 2.75) is 31.6 Å². The Labute approximate surface area is 122 Å². The minimum Gasteiger partial charge on any atom is -0.366 e. The molecule has 21 heavy (non-hydrogen) atoms. The van der Waals surface area contributed by atoms with Gasteiger partial charge in [0.05, 0.1) is 11.4 Å². The first-order valence-corrected chi connectivity index (χ1v) is 7.83. The number of primary amides is 1. The number of nitrogens with two attached hydrogens (primary N) is 1. The van der Waals surface area contributed by atoms with E-state index in [1.165, 1.54) is 12.1 Å². The molecular formula is C13H18F2N2O3S. The monoisotopic (exact) mass is 320 g/mol. The molecule has 0 saturated carbocycles. The van der Waals surface area contributed by atoms with Crippen LogP contribution >= 0.6 is 0 Å². The van der Waals surface area contributed by atoms with Crippen molar-refractivity contribution < 1.29 is 22.0 Å². The van der Waals surface area contributed by atoms with Gasteiger partial charge in [-0.2, -0.15) is 4.31 Å². The maximum Gasteiger partial charge on any atom is 0.252 e. The van der Waals surface area contributed by atoms with E-state index in [0.29, 0.717) is 16.3 Å². The first-order valence-electron chi connectivity index (χ1n) is 6.39. The normalized spacial score (nSPS) is 12.1. The van der Waals surface area contributed by atoms with Gasteiger partial charge >= 0.3 is 0 Å². The van der Waals surface area contributed by atoms with Crippen molar-refractivity contribution in [3.63, 3.8) is 0 Å². The summed E-state index contributed by atoms with van der Waals surface area (Å²) in [6, 6.07) is 3.84. The second kappa shape index (κ2) is 6.95. The van der Waals surface area contributed by atoms with Crippen molar-refractivity contribution in [3.8, 4) is 0 Å². The molecule has 118 valence electrons. The van der Waals surface area contributed by atoms with E-state index in [-0.39, 0.29) is 17.0 Å². The van der Waals surface area contributed by atoms with Gasteiger partial charge < -0.3 is 5.73 Å². The highest BCUT2D eigenvalue weighted by molar-refractivity contribution is 7.89. The maximum atomic E-state index is 12.5. The van der Waals surface area contributed by atoms with Crippen molar-refractivity contribution in [2.24, 2.45) is 5.73 Å². The van der Waals surface area contributed by atoms with E-state index >= 15 is 0 Å². The molecule has 8 heteroatoms. The number of benzene rings is 1. The highest BCUT2D eigenvalue weighted by atomic mass is 32.2. The minimum atomic E-state index is -4.09. The SMILES string of the molecule is CCCN(CC(F)F)S(=O)(=O)c1ccc(C)c(C(N)=O)c1. The number of sulfonamides is 1. The fourth-order valence-electron chi connectivity index (χ4n) is 1.89. The standard InChI is InChI=1S/C13H18F2N2O3S/c1-3-6-17(8-12(14)15)21(19,20)10-5-4-9(2)11(7-10)13(16)18/h4-5,7,12H,3,6,8H2,1-2H3,(H2,16,18). The predicted octanol–water partition coefficient (Wildman–Crippen LogP) is 1.76. The van der Waals surface area contributed by atoms with Gasteiger partial charge in [0.1, 0.15) is 0 Å². The van der Waals surface area contributed by atoms with E-state index in [4.69, 9.17) is 5.73 Å². The third kappa shape index (κ3) is 4.21. The summed E-state index contributed by atoms with van der Waals surface area (Å²) in [5.41, 5.74) is 5.76. The van der Waals surface area contributed by atoms with Crippen molar-refractivity contribution in [2.75, 3.05) is 13.1 Å². The minimum absolute atomic E-state index is 0.0214. The molecule has 1 aromatic rings. The Morgan fingerprint density at radius 2 is 2.00 bits per heavy atom. The summed E-state index contributed by atoms with van der Waals surface area (Å²) in [5.74, 6) is -0.763. The molecule has 0 fully saturated rings. The van der Waals surface area contributed by atoms with Crippen LogP contribution in [0.3, 0.4) is 0 Å². The van der Waals surface area contributed by atoms with Gasteiger partial charge in [-0.05, 0) is 31.0 Å². The Hall–Kier alpha value is -1.54. The topological polar surface area (TPSA) is 80.5 Å². The fourth-order valence-corrected chi connectivity index (χ4v) is 3.43. The maximum absolute atomic E-state index is 12.5. The average Bonchev–Trinajstić information content (AvgIpc) is 2.37. The number of halogens is 2. The van der Waals surface area contributed by atoms with Crippen LogP contribution in [0.25, 0.3) is 0 Å². The lowest BCUT2D eigenvalue weighted by Crippen LogP contribution is -2.35. The molecule has 0 aromatic heterocycles. The van der Waals surface area contributed by atoms with Crippen LogP contribution in [0.2, 0.25) is 0 Å². The summed E-state index contributed by atoms with van der Waals surface area (Å²) >= 11 is 0. The highest BCUT2D eigenvalue weighted by Gasteiger charge is 2.27. The molecule has 0 aliphatic rings. The smallest absolute Gasteiger partial charge is 0.252 e. The van der Waals surface area contributed by atoms with E-state index in [2.05, 4.69) is 0 Å². The number of amides is 1. The summed E-state index contributed by atoms with van der Waals surface area (Å²) < 4.78 is 50.6. The quantitative estimate of drug-likeness (QED) is 0.831. The van der Waals surface area contributed by atoms with Gasteiger partial charge in [-0.25, -0.2) is 17.2 Å². The molecule has 1 aromatic carbocycles. The molecule has 1 amide bonds. The van der Waals surface area contributed by atoms with Gasteiger partial charge in [0.15, 0.2) is 0 Å². The first kappa shape index (κ1) is 17.5. The number of carbonyl (C=O) groups is 1. The summed E-state index contributed by atoms with van der Waals surface area (Å²) in [4.78, 5) is 11.1. The average molecular weight is 320 g/mol. The molecule has 0 heterocycles. The molecule has 0 aliphatic heterocycles. The van der Waals surface area contributed by atoms with Crippen molar-refractivity contribution in [1.82, 2.24) is 4.31 Å². The van der Waals surface area contributed by atoms with E-state index in [1.54, 1.807) is 13.8 Å². The number of alkyl halides is 2. The predicted molar refractivity (Wildman–Crippen MR) is 74.8 cm³/mol. The second-order valence-electron chi connectivity index (χ2n) is 4.60. The Kier molecular flexibility index (Phi) is 5.79. The molecule has 2 N–H and O–H groups in total. The third-order valence-corrected chi connectivity index (χ3v) is 4.79. The Morgan fingerprint density at radius 3 is 2.48 bits per heavy atom. The van der Waals surface area contributed by atoms with E-state index < -0.39 is 28.9 Å². The lowest BCUT2D eigenvalue weighted by atomic mass is 10.1. The van der Waals surface area contributed by atoms with Crippen molar-refractivity contribution in [3.05, 3.63) is 29.3 Å². The Balaban J connectivity index is 3.27. The molecule has 0 spiro atoms. The van der Waals surface area contributed by atoms with E-state index in [9.17, 15) is 22.0 Å². The van der Waals surface area contributed by atoms with Crippen LogP contribution in [-0.2, 0) is 10.0 Å². The number of aryl methyl sites for hydroxylation is 1. The van der Waals surface area contributed by atoms with Crippen LogP contribution in [0.5, 0.6) is 0 Å². The zero-order valence-corrected chi connectivity index (χ0v) is 12.7. The van der Waals surface area contributed by atoms with Crippen LogP contribution in [0.15, 0.2) is 23.1 Å². The number of hydrogen-bond donors (Lipinski definition) is 1. The van der Waals surface area contributed by atoms with Crippen LogP contribution in [-0.4, -0.2) is 38.1 Å². The second-order valence-corrected chi connectivity index (χ2v) is 6.53. The van der Waals surface area contributed by atoms with Gasteiger partial charge in [-0.3, -0.25) is 4.79 Å². The Morgan fingerprint density at radius 1 is 1.38 bits per heavy atom. The summed E-state index contributed by atoms with van der Waals surface area (Å²) in [5, 5.41) is 0. The van der Waals surface area contributed by atoms with Gasteiger partial charge in [0.25, 0.3) is 6.43 Å². The van der Waals surface area contributed by atoms with Gasteiger partial charge in [0.2, 0.25) is 15.9 Å². The molecule has 0 radical (unpaired) electrons. The molecule has 1 rings (SSSR count). The zero-order valence-electron chi connectivity index (χ0n) is 11.8. The van der Waals surface area contributed by atoms with Crippen molar-refractivity contribution in [1.29, 1.82) is 0 Å². The third-order valence-electron chi connectivity index (χ3n) is 2.93. The van der Waals surface area contributed by atoms with E-state index in [0.717, 1.165) is 6.07 Å². The molecule has 5 nitrogen and oxygen atoms in total. The largest absolute Gasteiger partial charge is 0.366 e. The van der Waals surface area contributed by atoms with Crippen molar-refractivity contribution >= 4 is 15.9 Å². The molecule has 0 saturated heterocycles. The van der Waals surface area contributed by atoms with Crippen LogP contribution in [0, 0.1) is 6.92 Å². The summed E-state index contributed by atoms with van der Waals surface area (Å²) in [6.45, 7) is 2.40. The van der Waals surface area contributed by atoms with Gasteiger partial charge in [0, 0.05) is 12.1 Å². The highest BCUT2D eigenvalue weighted by Crippen LogP contribution is 2.20. The van der Waals surface area contributed by atoms with Crippen LogP contribution < -0.4 is 5.73 Å². The van der Waals surface area contributed by atoms with E-state index in [1.807, 2.05) is 0 Å². The first-order chi connectivity index (χ1) is 9.70. The molecular weight excluding hydrogens is 302 g/mol. The lowest BCUT2D eigenvalue weighted by Gasteiger charge is -2.21. The molecule has 0 aliphatic carbocycles.